The topological polar surface area (TPSA) is 58.2 Å². The molecule has 1 aliphatic rings. The summed E-state index contributed by atoms with van der Waals surface area (Å²) in [4.78, 5) is 0.322. The Morgan fingerprint density at radius 3 is 2.63 bits per heavy atom. The third-order valence-electron chi connectivity index (χ3n) is 4.04. The van der Waals surface area contributed by atoms with Crippen LogP contribution in [0, 0.1) is 11.8 Å². The van der Waals surface area contributed by atoms with Crippen molar-refractivity contribution in [1.82, 2.24) is 4.72 Å². The van der Waals surface area contributed by atoms with Gasteiger partial charge < -0.3 is 5.32 Å². The highest BCUT2D eigenvalue weighted by Gasteiger charge is 2.24. The molecule has 0 radical (unpaired) electrons. The molecule has 0 aliphatic heterocycles. The smallest absolute Gasteiger partial charge is 0.242 e. The highest BCUT2D eigenvalue weighted by molar-refractivity contribution is 7.89. The standard InChI is InChI=1S/C14H22N2O2S/c1-11-6-5-7-12(11)10-16-13-8-3-4-9-14(13)19(17,18)15-2/h3-4,8-9,11-12,15-16H,5-7,10H2,1-2H3. The summed E-state index contributed by atoms with van der Waals surface area (Å²) < 4.78 is 26.2. The maximum atomic E-state index is 11.9. The van der Waals surface area contributed by atoms with Crippen molar-refractivity contribution < 1.29 is 8.42 Å². The van der Waals surface area contributed by atoms with Crippen LogP contribution >= 0.6 is 0 Å². The van der Waals surface area contributed by atoms with Gasteiger partial charge >= 0.3 is 0 Å². The quantitative estimate of drug-likeness (QED) is 0.872. The summed E-state index contributed by atoms with van der Waals surface area (Å²) in [6.45, 7) is 3.12. The Hall–Kier alpha value is -1.07. The van der Waals surface area contributed by atoms with Gasteiger partial charge in [0.15, 0.2) is 0 Å². The fourth-order valence-corrected chi connectivity index (χ4v) is 3.63. The Kier molecular flexibility index (Phi) is 4.47. The van der Waals surface area contributed by atoms with E-state index in [1.54, 1.807) is 12.1 Å². The monoisotopic (exact) mass is 282 g/mol. The summed E-state index contributed by atoms with van der Waals surface area (Å²) in [6, 6.07) is 7.05. The molecule has 4 nitrogen and oxygen atoms in total. The van der Waals surface area contributed by atoms with Gasteiger partial charge in [-0.05, 0) is 37.4 Å². The summed E-state index contributed by atoms with van der Waals surface area (Å²) >= 11 is 0. The first-order chi connectivity index (χ1) is 9.04. The van der Waals surface area contributed by atoms with Gasteiger partial charge in [-0.3, -0.25) is 0 Å². The molecule has 106 valence electrons. The van der Waals surface area contributed by atoms with Crippen molar-refractivity contribution >= 4 is 15.7 Å². The van der Waals surface area contributed by atoms with Crippen LogP contribution in [0.5, 0.6) is 0 Å². The van der Waals surface area contributed by atoms with Gasteiger partial charge in [-0.2, -0.15) is 0 Å². The molecule has 0 bridgehead atoms. The second-order valence-corrected chi connectivity index (χ2v) is 7.11. The molecule has 0 spiro atoms. The van der Waals surface area contributed by atoms with E-state index in [1.165, 1.54) is 26.3 Å². The maximum absolute atomic E-state index is 11.9. The molecule has 0 amide bonds. The van der Waals surface area contributed by atoms with Crippen molar-refractivity contribution in [3.63, 3.8) is 0 Å². The average molecular weight is 282 g/mol. The normalized spacial score (nSPS) is 23.5. The van der Waals surface area contributed by atoms with Crippen molar-refractivity contribution in [1.29, 1.82) is 0 Å². The minimum atomic E-state index is -3.40. The van der Waals surface area contributed by atoms with Crippen LogP contribution in [0.1, 0.15) is 26.2 Å². The van der Waals surface area contributed by atoms with Crippen LogP contribution in [0.3, 0.4) is 0 Å². The summed E-state index contributed by atoms with van der Waals surface area (Å²) in [7, 11) is -1.96. The van der Waals surface area contributed by atoms with Crippen molar-refractivity contribution in [2.24, 2.45) is 11.8 Å². The van der Waals surface area contributed by atoms with E-state index < -0.39 is 10.0 Å². The molecule has 19 heavy (non-hydrogen) atoms. The van der Waals surface area contributed by atoms with Gasteiger partial charge in [0.25, 0.3) is 0 Å². The molecule has 1 aliphatic carbocycles. The lowest BCUT2D eigenvalue weighted by Crippen LogP contribution is -2.22. The molecule has 1 aromatic rings. The molecule has 5 heteroatoms. The van der Waals surface area contributed by atoms with E-state index in [2.05, 4.69) is 17.0 Å². The molecular weight excluding hydrogens is 260 g/mol. The Labute approximate surface area is 115 Å². The summed E-state index contributed by atoms with van der Waals surface area (Å²) in [5, 5.41) is 3.31. The van der Waals surface area contributed by atoms with Crippen LogP contribution in [-0.4, -0.2) is 22.0 Å². The van der Waals surface area contributed by atoms with Crippen molar-refractivity contribution in [2.45, 2.75) is 31.1 Å². The predicted molar refractivity (Wildman–Crippen MR) is 77.7 cm³/mol. The minimum absolute atomic E-state index is 0.322. The number of sulfonamides is 1. The van der Waals surface area contributed by atoms with E-state index in [0.29, 0.717) is 16.5 Å². The highest BCUT2D eigenvalue weighted by Crippen LogP contribution is 2.31. The Morgan fingerprint density at radius 1 is 1.26 bits per heavy atom. The van der Waals surface area contributed by atoms with Crippen LogP contribution in [0.15, 0.2) is 29.2 Å². The molecule has 1 aromatic carbocycles. The fourth-order valence-electron chi connectivity index (χ4n) is 2.72. The number of hydrogen-bond donors (Lipinski definition) is 2. The first-order valence-corrected chi connectivity index (χ1v) is 8.29. The van der Waals surface area contributed by atoms with Crippen LogP contribution in [0.25, 0.3) is 0 Å². The zero-order valence-electron chi connectivity index (χ0n) is 11.5. The van der Waals surface area contributed by atoms with Gasteiger partial charge in [-0.25, -0.2) is 13.1 Å². The van der Waals surface area contributed by atoms with E-state index in [0.717, 1.165) is 12.5 Å². The maximum Gasteiger partial charge on any atom is 0.242 e. The summed E-state index contributed by atoms with van der Waals surface area (Å²) in [5.41, 5.74) is 0.691. The van der Waals surface area contributed by atoms with Crippen LogP contribution < -0.4 is 10.0 Å². The van der Waals surface area contributed by atoms with Crippen LogP contribution in [0.2, 0.25) is 0 Å². The van der Waals surface area contributed by atoms with E-state index in [4.69, 9.17) is 0 Å². The first-order valence-electron chi connectivity index (χ1n) is 6.81. The number of benzene rings is 1. The van der Waals surface area contributed by atoms with E-state index >= 15 is 0 Å². The molecule has 2 atom stereocenters. The van der Waals surface area contributed by atoms with Crippen LogP contribution in [-0.2, 0) is 10.0 Å². The SMILES string of the molecule is CNS(=O)(=O)c1ccccc1NCC1CCCC1C. The Bertz CT molecular complexity index is 528. The predicted octanol–water partition coefficient (Wildman–Crippen LogP) is 2.44. The number of hydrogen-bond acceptors (Lipinski definition) is 3. The molecule has 1 saturated carbocycles. The number of rotatable bonds is 5. The zero-order valence-corrected chi connectivity index (χ0v) is 12.3. The molecule has 0 heterocycles. The van der Waals surface area contributed by atoms with Gasteiger partial charge in [0.2, 0.25) is 10.0 Å². The third kappa shape index (κ3) is 3.28. The van der Waals surface area contributed by atoms with Gasteiger partial charge in [-0.15, -0.1) is 0 Å². The molecule has 2 unspecified atom stereocenters. The number of nitrogens with one attached hydrogen (secondary N) is 2. The first kappa shape index (κ1) is 14.3. The lowest BCUT2D eigenvalue weighted by molar-refractivity contribution is 0.439. The fraction of sp³-hybridized carbons (Fsp3) is 0.571. The van der Waals surface area contributed by atoms with Crippen molar-refractivity contribution in [3.8, 4) is 0 Å². The van der Waals surface area contributed by atoms with Gasteiger partial charge in [-0.1, -0.05) is 31.9 Å². The molecular formula is C14H22N2O2S. The molecule has 2 rings (SSSR count). The average Bonchev–Trinajstić information content (AvgIpc) is 2.82. The molecule has 2 N–H and O–H groups in total. The largest absolute Gasteiger partial charge is 0.384 e. The van der Waals surface area contributed by atoms with Crippen molar-refractivity contribution in [3.05, 3.63) is 24.3 Å². The summed E-state index contributed by atoms with van der Waals surface area (Å²) in [5.74, 6) is 1.37. The van der Waals surface area contributed by atoms with E-state index in [-0.39, 0.29) is 0 Å². The van der Waals surface area contributed by atoms with Crippen molar-refractivity contribution in [2.75, 3.05) is 18.9 Å². The highest BCUT2D eigenvalue weighted by atomic mass is 32.2. The lowest BCUT2D eigenvalue weighted by atomic mass is 9.98. The van der Waals surface area contributed by atoms with E-state index in [1.807, 2.05) is 12.1 Å². The Balaban J connectivity index is 2.12. The third-order valence-corrected chi connectivity index (χ3v) is 5.51. The second-order valence-electron chi connectivity index (χ2n) is 5.25. The number of anilines is 1. The number of para-hydroxylation sites is 1. The van der Waals surface area contributed by atoms with E-state index in [9.17, 15) is 8.42 Å². The molecule has 1 fully saturated rings. The van der Waals surface area contributed by atoms with Crippen LogP contribution in [0.4, 0.5) is 5.69 Å². The zero-order chi connectivity index (χ0) is 13.9. The van der Waals surface area contributed by atoms with Gasteiger partial charge in [0.05, 0.1) is 5.69 Å². The summed E-state index contributed by atoms with van der Waals surface area (Å²) in [6.07, 6.45) is 3.79. The lowest BCUT2D eigenvalue weighted by Gasteiger charge is -2.18. The minimum Gasteiger partial charge on any atom is -0.384 e. The molecule has 0 saturated heterocycles. The van der Waals surface area contributed by atoms with Gasteiger partial charge in [0, 0.05) is 6.54 Å². The van der Waals surface area contributed by atoms with Gasteiger partial charge in [0.1, 0.15) is 4.90 Å². The Morgan fingerprint density at radius 2 is 2.00 bits per heavy atom. The second kappa shape index (κ2) is 5.92. The molecule has 0 aromatic heterocycles.